The number of hydrogen-bond donors (Lipinski definition) is 2. The van der Waals surface area contributed by atoms with Crippen LogP contribution in [0, 0.1) is 0 Å². The molecule has 1 spiro atoms. The Hall–Kier alpha value is -4.63. The molecule has 0 bridgehead atoms. The van der Waals surface area contributed by atoms with Crippen LogP contribution in [0.4, 0.5) is 32.0 Å². The van der Waals surface area contributed by atoms with Crippen LogP contribution in [-0.2, 0) is 15.1 Å². The SMILES string of the molecule is CCN1c2cccnc2-n2cccc2C12CCN(C(=O)c1ccccn1)C2.O=C(O)C(F)(F)F.O=C(O)C(F)(F)F. The van der Waals surface area contributed by atoms with Crippen molar-refractivity contribution in [3.05, 3.63) is 72.4 Å². The number of fused-ring (bicyclic) bond motifs is 4. The average molecular weight is 587 g/mol. The number of pyridine rings is 2. The lowest BCUT2D eigenvalue weighted by molar-refractivity contribution is -0.193. The van der Waals surface area contributed by atoms with Gasteiger partial charge in [0.05, 0.1) is 11.4 Å². The smallest absolute Gasteiger partial charge is 0.475 e. The molecule has 220 valence electrons. The molecule has 2 aliphatic heterocycles. The largest absolute Gasteiger partial charge is 0.490 e. The molecular formula is C25H23F6N5O5. The van der Waals surface area contributed by atoms with E-state index >= 15 is 0 Å². The van der Waals surface area contributed by atoms with Gasteiger partial charge in [0.25, 0.3) is 5.91 Å². The highest BCUT2D eigenvalue weighted by Crippen LogP contribution is 2.46. The van der Waals surface area contributed by atoms with Crippen LogP contribution in [0.15, 0.2) is 61.1 Å². The quantitative estimate of drug-likeness (QED) is 0.429. The maximum atomic E-state index is 13.0. The molecule has 0 radical (unpaired) electrons. The zero-order valence-electron chi connectivity index (χ0n) is 21.2. The van der Waals surface area contributed by atoms with E-state index in [4.69, 9.17) is 19.8 Å². The summed E-state index contributed by atoms with van der Waals surface area (Å²) in [7, 11) is 0. The molecule has 1 atom stereocenters. The number of alkyl halides is 6. The van der Waals surface area contributed by atoms with E-state index in [2.05, 4.69) is 50.8 Å². The fourth-order valence-electron chi connectivity index (χ4n) is 4.62. The Labute approximate surface area is 228 Å². The van der Waals surface area contributed by atoms with Crippen molar-refractivity contribution < 1.29 is 50.9 Å². The lowest BCUT2D eigenvalue weighted by Crippen LogP contribution is -2.52. The summed E-state index contributed by atoms with van der Waals surface area (Å²) >= 11 is 0. The summed E-state index contributed by atoms with van der Waals surface area (Å²) in [6.07, 6.45) is -3.71. The second-order valence-corrected chi connectivity index (χ2v) is 8.68. The number of halogens is 6. The summed E-state index contributed by atoms with van der Waals surface area (Å²) in [5.41, 5.74) is 2.59. The van der Waals surface area contributed by atoms with Gasteiger partial charge in [-0.05, 0) is 49.7 Å². The van der Waals surface area contributed by atoms with Crippen molar-refractivity contribution in [3.8, 4) is 5.82 Å². The molecule has 0 aliphatic carbocycles. The molecule has 0 aromatic carbocycles. The summed E-state index contributed by atoms with van der Waals surface area (Å²) in [4.78, 5) is 44.0. The van der Waals surface area contributed by atoms with Crippen LogP contribution in [0.25, 0.3) is 5.82 Å². The molecule has 3 aromatic heterocycles. The van der Waals surface area contributed by atoms with Gasteiger partial charge in [0, 0.05) is 38.2 Å². The Morgan fingerprint density at radius 3 is 2.05 bits per heavy atom. The third kappa shape index (κ3) is 6.58. The third-order valence-electron chi connectivity index (χ3n) is 6.25. The zero-order chi connectivity index (χ0) is 30.6. The highest BCUT2D eigenvalue weighted by Gasteiger charge is 2.50. The minimum Gasteiger partial charge on any atom is -0.475 e. The lowest BCUT2D eigenvalue weighted by atomic mass is 9.89. The number of likely N-dealkylation sites (tertiary alicyclic amines) is 1. The number of aliphatic carboxylic acids is 2. The van der Waals surface area contributed by atoms with Gasteiger partial charge < -0.3 is 24.6 Å². The van der Waals surface area contributed by atoms with Crippen LogP contribution in [0.2, 0.25) is 0 Å². The number of likely N-dealkylation sites (N-methyl/N-ethyl adjacent to an activating group) is 1. The number of carbonyl (C=O) groups is 3. The fourth-order valence-corrected chi connectivity index (χ4v) is 4.62. The first kappa shape index (κ1) is 30.9. The van der Waals surface area contributed by atoms with Crippen LogP contribution >= 0.6 is 0 Å². The Balaban J connectivity index is 0.000000276. The molecule has 1 unspecified atom stereocenters. The molecule has 1 saturated heterocycles. The Bertz CT molecular complexity index is 1370. The van der Waals surface area contributed by atoms with Crippen molar-refractivity contribution in [3.63, 3.8) is 0 Å². The first-order chi connectivity index (χ1) is 19.1. The topological polar surface area (TPSA) is 129 Å². The van der Waals surface area contributed by atoms with E-state index in [1.54, 1.807) is 12.3 Å². The van der Waals surface area contributed by atoms with E-state index in [-0.39, 0.29) is 11.4 Å². The second kappa shape index (κ2) is 11.9. The van der Waals surface area contributed by atoms with Crippen LogP contribution in [0.1, 0.15) is 29.5 Å². The number of carboxylic acids is 2. The molecule has 3 aromatic rings. The highest BCUT2D eigenvalue weighted by molar-refractivity contribution is 5.92. The molecule has 0 saturated carbocycles. The normalized spacial score (nSPS) is 17.4. The Kier molecular flexibility index (Phi) is 8.94. The first-order valence-electron chi connectivity index (χ1n) is 11.8. The van der Waals surface area contributed by atoms with Crippen molar-refractivity contribution in [1.29, 1.82) is 0 Å². The standard InChI is InChI=1S/C21H21N5O.2C2HF3O2/c1-2-26-17-8-5-12-23-19(17)25-13-6-9-18(25)21(26)10-14-24(15-21)20(27)16-7-3-4-11-22-16;2*3-2(4,5)1(6)7/h3-9,11-13H,2,10,14-15H2,1H3;2*(H,6,7). The van der Waals surface area contributed by atoms with Gasteiger partial charge in [-0.2, -0.15) is 26.3 Å². The summed E-state index contributed by atoms with van der Waals surface area (Å²) in [6, 6.07) is 13.8. The summed E-state index contributed by atoms with van der Waals surface area (Å²) in [6.45, 7) is 4.39. The zero-order valence-corrected chi connectivity index (χ0v) is 21.2. The number of carboxylic acid groups (broad SMARTS) is 2. The number of nitrogens with zero attached hydrogens (tertiary/aromatic N) is 5. The van der Waals surface area contributed by atoms with Crippen molar-refractivity contribution in [2.75, 3.05) is 24.5 Å². The van der Waals surface area contributed by atoms with E-state index in [1.807, 2.05) is 29.3 Å². The molecule has 5 rings (SSSR count). The van der Waals surface area contributed by atoms with Crippen molar-refractivity contribution in [2.24, 2.45) is 0 Å². The molecule has 10 nitrogen and oxygen atoms in total. The predicted octanol–water partition coefficient (Wildman–Crippen LogP) is 4.12. The third-order valence-corrected chi connectivity index (χ3v) is 6.25. The monoisotopic (exact) mass is 587 g/mol. The molecular weight excluding hydrogens is 564 g/mol. The van der Waals surface area contributed by atoms with Crippen molar-refractivity contribution in [2.45, 2.75) is 31.2 Å². The van der Waals surface area contributed by atoms with Gasteiger partial charge in [0.2, 0.25) is 0 Å². The molecule has 41 heavy (non-hydrogen) atoms. The lowest BCUT2D eigenvalue weighted by Gasteiger charge is -2.46. The van der Waals surface area contributed by atoms with Gasteiger partial charge in [-0.25, -0.2) is 14.6 Å². The molecule has 5 heterocycles. The molecule has 2 N–H and O–H groups in total. The van der Waals surface area contributed by atoms with Gasteiger partial charge >= 0.3 is 24.3 Å². The number of anilines is 1. The summed E-state index contributed by atoms with van der Waals surface area (Å²) in [5.74, 6) is -4.56. The van der Waals surface area contributed by atoms with E-state index < -0.39 is 24.3 Å². The number of hydrogen-bond acceptors (Lipinski definition) is 6. The van der Waals surface area contributed by atoms with Gasteiger partial charge in [0.15, 0.2) is 5.82 Å². The van der Waals surface area contributed by atoms with Crippen LogP contribution < -0.4 is 4.90 Å². The van der Waals surface area contributed by atoms with Gasteiger partial charge in [-0.3, -0.25) is 9.78 Å². The maximum absolute atomic E-state index is 13.0. The van der Waals surface area contributed by atoms with E-state index in [1.165, 1.54) is 5.69 Å². The molecule has 1 fully saturated rings. The number of rotatable bonds is 2. The minimum atomic E-state index is -5.08. The predicted molar refractivity (Wildman–Crippen MR) is 130 cm³/mol. The molecule has 2 aliphatic rings. The maximum Gasteiger partial charge on any atom is 0.490 e. The average Bonchev–Trinajstić information content (AvgIpc) is 3.58. The Morgan fingerprint density at radius 1 is 0.902 bits per heavy atom. The molecule has 1 amide bonds. The van der Waals surface area contributed by atoms with E-state index in [0.29, 0.717) is 18.8 Å². The molecule has 16 heteroatoms. The van der Waals surface area contributed by atoms with E-state index in [0.717, 1.165) is 24.5 Å². The Morgan fingerprint density at radius 2 is 1.51 bits per heavy atom. The van der Waals surface area contributed by atoms with Gasteiger partial charge in [-0.15, -0.1) is 0 Å². The number of amides is 1. The first-order valence-corrected chi connectivity index (χ1v) is 11.8. The van der Waals surface area contributed by atoms with Crippen LogP contribution in [0.5, 0.6) is 0 Å². The summed E-state index contributed by atoms with van der Waals surface area (Å²) < 4.78 is 65.6. The fraction of sp³-hybridized carbons (Fsp3) is 0.320. The van der Waals surface area contributed by atoms with Crippen LogP contribution in [0.3, 0.4) is 0 Å². The summed E-state index contributed by atoms with van der Waals surface area (Å²) in [5, 5.41) is 14.2. The van der Waals surface area contributed by atoms with Crippen LogP contribution in [-0.4, -0.2) is 79.5 Å². The van der Waals surface area contributed by atoms with Gasteiger partial charge in [0.1, 0.15) is 11.2 Å². The van der Waals surface area contributed by atoms with Crippen molar-refractivity contribution in [1.82, 2.24) is 19.4 Å². The second-order valence-electron chi connectivity index (χ2n) is 8.68. The van der Waals surface area contributed by atoms with Gasteiger partial charge in [-0.1, -0.05) is 6.07 Å². The number of carbonyl (C=O) groups excluding carboxylic acids is 1. The van der Waals surface area contributed by atoms with Crippen molar-refractivity contribution >= 4 is 23.5 Å². The minimum absolute atomic E-state index is 0.00128. The number of aromatic nitrogens is 3. The highest BCUT2D eigenvalue weighted by atomic mass is 19.4. The van der Waals surface area contributed by atoms with E-state index in [9.17, 15) is 31.1 Å².